The molecule has 1 aromatic carbocycles. The summed E-state index contributed by atoms with van der Waals surface area (Å²) >= 11 is 0. The number of furan rings is 1. The topological polar surface area (TPSA) is 84.3 Å². The number of hydrogen-bond donors (Lipinski definition) is 1. The summed E-state index contributed by atoms with van der Waals surface area (Å²) in [5.74, 6) is 1.77. The van der Waals surface area contributed by atoms with Crippen LogP contribution in [0.1, 0.15) is 16.1 Å². The molecule has 8 nitrogen and oxygen atoms in total. The van der Waals surface area contributed by atoms with Gasteiger partial charge in [0.1, 0.15) is 0 Å². The van der Waals surface area contributed by atoms with E-state index in [1.165, 1.54) is 6.26 Å². The molecule has 0 unspecified atom stereocenters. The van der Waals surface area contributed by atoms with Gasteiger partial charge in [0.25, 0.3) is 0 Å². The number of nitrogens with one attached hydrogen (secondary N) is 1. The van der Waals surface area contributed by atoms with Crippen molar-refractivity contribution in [2.75, 3.05) is 60.0 Å². The fourth-order valence-corrected chi connectivity index (χ4v) is 3.47. The highest BCUT2D eigenvalue weighted by Crippen LogP contribution is 2.27. The minimum Gasteiger partial charge on any atom is -0.493 e. The molecule has 2 heterocycles. The van der Waals surface area contributed by atoms with Crippen molar-refractivity contribution in [2.24, 2.45) is 0 Å². The minimum absolute atomic E-state index is 0.00980. The molecule has 1 aromatic heterocycles. The van der Waals surface area contributed by atoms with Crippen LogP contribution in [-0.4, -0.2) is 81.5 Å². The monoisotopic (exact) mass is 415 g/mol. The third kappa shape index (κ3) is 6.08. The van der Waals surface area contributed by atoms with Crippen molar-refractivity contribution >= 4 is 11.7 Å². The summed E-state index contributed by atoms with van der Waals surface area (Å²) < 4.78 is 15.7. The lowest BCUT2D eigenvalue weighted by Crippen LogP contribution is -2.50. The normalized spacial score (nSPS) is 15.0. The van der Waals surface area contributed by atoms with E-state index in [1.54, 1.807) is 26.4 Å². The number of carbonyl (C=O) groups is 2. The molecular weight excluding hydrogens is 386 g/mol. The molecule has 3 rings (SSSR count). The molecule has 1 saturated heterocycles. The standard InChI is InChI=1S/C22H29N3O5/c1-28-20-6-5-17(14-21(20)29-2)7-8-23-22(27)16-25-11-9-24(10-12-25)15-18(26)19-4-3-13-30-19/h3-6,13-14H,7-12,15-16H2,1-2H3,(H,23,27). The molecule has 1 N–H and O–H groups in total. The Morgan fingerprint density at radius 2 is 1.70 bits per heavy atom. The Balaban J connectivity index is 1.34. The van der Waals surface area contributed by atoms with Crippen molar-refractivity contribution in [1.29, 1.82) is 0 Å². The summed E-state index contributed by atoms with van der Waals surface area (Å²) in [5.41, 5.74) is 1.07. The molecule has 0 bridgehead atoms. The number of rotatable bonds is 10. The number of piperazine rings is 1. The van der Waals surface area contributed by atoms with Crippen molar-refractivity contribution in [3.8, 4) is 11.5 Å². The largest absolute Gasteiger partial charge is 0.493 e. The number of ketones is 1. The van der Waals surface area contributed by atoms with Gasteiger partial charge >= 0.3 is 0 Å². The van der Waals surface area contributed by atoms with Gasteiger partial charge in [0.15, 0.2) is 17.3 Å². The van der Waals surface area contributed by atoms with E-state index in [9.17, 15) is 9.59 Å². The molecule has 162 valence electrons. The molecule has 1 aliphatic heterocycles. The second-order valence-corrected chi connectivity index (χ2v) is 7.24. The fraction of sp³-hybridized carbons (Fsp3) is 0.455. The zero-order valence-electron chi connectivity index (χ0n) is 17.6. The van der Waals surface area contributed by atoms with Crippen LogP contribution in [0, 0.1) is 0 Å². The lowest BCUT2D eigenvalue weighted by molar-refractivity contribution is -0.122. The number of carbonyl (C=O) groups excluding carboxylic acids is 2. The van der Waals surface area contributed by atoms with Crippen molar-refractivity contribution in [1.82, 2.24) is 15.1 Å². The van der Waals surface area contributed by atoms with E-state index in [-0.39, 0.29) is 11.7 Å². The summed E-state index contributed by atoms with van der Waals surface area (Å²) in [7, 11) is 3.21. The van der Waals surface area contributed by atoms with Crippen LogP contribution in [-0.2, 0) is 11.2 Å². The van der Waals surface area contributed by atoms with E-state index in [2.05, 4.69) is 15.1 Å². The first kappa shape index (κ1) is 21.9. The Hall–Kier alpha value is -2.84. The van der Waals surface area contributed by atoms with Gasteiger partial charge in [-0.05, 0) is 36.2 Å². The molecule has 2 aromatic rings. The Morgan fingerprint density at radius 3 is 2.33 bits per heavy atom. The Morgan fingerprint density at radius 1 is 1.00 bits per heavy atom. The lowest BCUT2D eigenvalue weighted by Gasteiger charge is -2.33. The maximum atomic E-state index is 12.3. The van der Waals surface area contributed by atoms with Gasteiger partial charge < -0.3 is 19.2 Å². The molecule has 0 spiro atoms. The first-order valence-corrected chi connectivity index (χ1v) is 10.1. The number of benzene rings is 1. The van der Waals surface area contributed by atoms with Crippen LogP contribution < -0.4 is 14.8 Å². The average Bonchev–Trinajstić information content (AvgIpc) is 3.30. The number of amides is 1. The zero-order valence-corrected chi connectivity index (χ0v) is 17.6. The third-order valence-corrected chi connectivity index (χ3v) is 5.18. The van der Waals surface area contributed by atoms with Crippen LogP contribution in [0.2, 0.25) is 0 Å². The maximum Gasteiger partial charge on any atom is 0.234 e. The van der Waals surface area contributed by atoms with Crippen molar-refractivity contribution in [3.63, 3.8) is 0 Å². The molecule has 30 heavy (non-hydrogen) atoms. The van der Waals surface area contributed by atoms with Gasteiger partial charge in [-0.1, -0.05) is 6.07 Å². The number of ether oxygens (including phenoxy) is 2. The quantitative estimate of drug-likeness (QED) is 0.588. The van der Waals surface area contributed by atoms with Gasteiger partial charge in [-0.25, -0.2) is 0 Å². The van der Waals surface area contributed by atoms with Gasteiger partial charge in [-0.2, -0.15) is 0 Å². The van der Waals surface area contributed by atoms with E-state index in [0.29, 0.717) is 36.9 Å². The molecule has 0 radical (unpaired) electrons. The number of hydrogen-bond acceptors (Lipinski definition) is 7. The van der Waals surface area contributed by atoms with Crippen molar-refractivity contribution in [3.05, 3.63) is 47.9 Å². The molecule has 1 aliphatic rings. The Labute approximate surface area is 176 Å². The van der Waals surface area contributed by atoms with Crippen molar-refractivity contribution < 1.29 is 23.5 Å². The number of Topliss-reactive ketones (excluding diaryl/α,β-unsaturated/α-hetero) is 1. The molecular formula is C22H29N3O5. The Kier molecular flexibility index (Phi) is 7.87. The molecule has 0 atom stereocenters. The van der Waals surface area contributed by atoms with Crippen molar-refractivity contribution in [2.45, 2.75) is 6.42 Å². The fourth-order valence-electron chi connectivity index (χ4n) is 3.47. The van der Waals surface area contributed by atoms with Crippen LogP contribution in [0.15, 0.2) is 41.0 Å². The maximum absolute atomic E-state index is 12.3. The summed E-state index contributed by atoms with van der Waals surface area (Å²) in [6.45, 7) is 4.30. The summed E-state index contributed by atoms with van der Waals surface area (Å²) in [4.78, 5) is 28.6. The summed E-state index contributed by atoms with van der Waals surface area (Å²) in [5, 5.41) is 2.97. The number of methoxy groups -OCH3 is 2. The van der Waals surface area contributed by atoms with Gasteiger partial charge in [-0.15, -0.1) is 0 Å². The van der Waals surface area contributed by atoms with E-state index >= 15 is 0 Å². The highest BCUT2D eigenvalue weighted by Gasteiger charge is 2.21. The minimum atomic E-state index is -0.0126. The van der Waals surface area contributed by atoms with Crippen LogP contribution in [0.5, 0.6) is 11.5 Å². The van der Waals surface area contributed by atoms with Gasteiger partial charge in [0, 0.05) is 32.7 Å². The van der Waals surface area contributed by atoms with Crippen LogP contribution >= 0.6 is 0 Å². The molecule has 1 amide bonds. The SMILES string of the molecule is COc1ccc(CCNC(=O)CN2CCN(CC(=O)c3ccco3)CC2)cc1OC. The smallest absolute Gasteiger partial charge is 0.234 e. The van der Waals surface area contributed by atoms with Crippen LogP contribution in [0.25, 0.3) is 0 Å². The first-order chi connectivity index (χ1) is 14.6. The van der Waals surface area contributed by atoms with Gasteiger partial charge in [0.05, 0.1) is 33.6 Å². The summed E-state index contributed by atoms with van der Waals surface area (Å²) in [6, 6.07) is 9.16. The second-order valence-electron chi connectivity index (χ2n) is 7.24. The zero-order chi connectivity index (χ0) is 21.3. The van der Waals surface area contributed by atoms with Crippen LogP contribution in [0.4, 0.5) is 0 Å². The average molecular weight is 415 g/mol. The lowest BCUT2D eigenvalue weighted by atomic mass is 10.1. The number of nitrogens with zero attached hydrogens (tertiary/aromatic N) is 2. The van der Waals surface area contributed by atoms with E-state index in [4.69, 9.17) is 13.9 Å². The summed E-state index contributed by atoms with van der Waals surface area (Å²) in [6.07, 6.45) is 2.23. The molecule has 1 fully saturated rings. The Bertz CT molecular complexity index is 829. The molecule has 8 heteroatoms. The van der Waals surface area contributed by atoms with Crippen LogP contribution in [0.3, 0.4) is 0 Å². The second kappa shape index (κ2) is 10.8. The molecule has 0 saturated carbocycles. The van der Waals surface area contributed by atoms with E-state index < -0.39 is 0 Å². The highest BCUT2D eigenvalue weighted by molar-refractivity contribution is 5.95. The molecule has 0 aliphatic carbocycles. The van der Waals surface area contributed by atoms with Gasteiger partial charge in [-0.3, -0.25) is 19.4 Å². The first-order valence-electron chi connectivity index (χ1n) is 10.1. The third-order valence-electron chi connectivity index (χ3n) is 5.18. The van der Waals surface area contributed by atoms with E-state index in [0.717, 1.165) is 38.2 Å². The van der Waals surface area contributed by atoms with Gasteiger partial charge in [0.2, 0.25) is 11.7 Å². The predicted molar refractivity (Wildman–Crippen MR) is 112 cm³/mol. The highest BCUT2D eigenvalue weighted by atomic mass is 16.5. The van der Waals surface area contributed by atoms with E-state index in [1.807, 2.05) is 18.2 Å². The predicted octanol–water partition coefficient (Wildman–Crippen LogP) is 1.46.